The second kappa shape index (κ2) is 6.89. The molecule has 6 heteroatoms. The van der Waals surface area contributed by atoms with E-state index in [2.05, 4.69) is 22.3 Å². The molecular formula is C14H15N3O2S. The first-order chi connectivity index (χ1) is 9.70. The molecule has 0 radical (unpaired) electrons. The van der Waals surface area contributed by atoms with Crippen LogP contribution in [0.15, 0.2) is 23.7 Å². The van der Waals surface area contributed by atoms with Crippen LogP contribution in [0.4, 0.5) is 0 Å². The molecule has 2 N–H and O–H groups in total. The molecule has 0 aromatic carbocycles. The maximum Gasteiger partial charge on any atom is 0.262 e. The van der Waals surface area contributed by atoms with Crippen molar-refractivity contribution < 1.29 is 9.90 Å². The molecule has 0 aliphatic heterocycles. The van der Waals surface area contributed by atoms with Crippen molar-refractivity contribution in [1.82, 2.24) is 15.1 Å². The molecule has 0 spiro atoms. The molecule has 0 saturated heterocycles. The van der Waals surface area contributed by atoms with Crippen LogP contribution in [0.2, 0.25) is 0 Å². The third-order valence-corrected chi connectivity index (χ3v) is 3.44. The number of aryl methyl sites for hydroxylation is 1. The van der Waals surface area contributed by atoms with Gasteiger partial charge in [-0.05, 0) is 17.5 Å². The Morgan fingerprint density at radius 1 is 1.55 bits per heavy atom. The van der Waals surface area contributed by atoms with Gasteiger partial charge in [-0.25, -0.2) is 0 Å². The molecule has 5 nitrogen and oxygen atoms in total. The molecule has 2 aromatic heterocycles. The van der Waals surface area contributed by atoms with E-state index in [1.165, 1.54) is 11.3 Å². The van der Waals surface area contributed by atoms with Gasteiger partial charge < -0.3 is 10.4 Å². The van der Waals surface area contributed by atoms with E-state index in [4.69, 9.17) is 5.11 Å². The lowest BCUT2D eigenvalue weighted by molar-refractivity contribution is 0.0954. The highest BCUT2D eigenvalue weighted by Crippen LogP contribution is 2.15. The molecule has 2 heterocycles. The summed E-state index contributed by atoms with van der Waals surface area (Å²) in [6.07, 6.45) is 2.24. The quantitative estimate of drug-likeness (QED) is 0.830. The molecule has 2 aromatic rings. The average Bonchev–Trinajstić information content (AvgIpc) is 3.05. The summed E-state index contributed by atoms with van der Waals surface area (Å²) >= 11 is 1.35. The van der Waals surface area contributed by atoms with Crippen molar-refractivity contribution in [1.29, 1.82) is 0 Å². The summed E-state index contributed by atoms with van der Waals surface area (Å²) in [7, 11) is 1.83. The summed E-state index contributed by atoms with van der Waals surface area (Å²) in [6, 6.07) is 3.67. The van der Waals surface area contributed by atoms with Gasteiger partial charge >= 0.3 is 0 Å². The van der Waals surface area contributed by atoms with Gasteiger partial charge in [-0.2, -0.15) is 5.10 Å². The Labute approximate surface area is 121 Å². The molecule has 104 valence electrons. The molecule has 0 bridgehead atoms. The molecule has 0 aliphatic carbocycles. The van der Waals surface area contributed by atoms with Gasteiger partial charge in [0.25, 0.3) is 5.91 Å². The summed E-state index contributed by atoms with van der Waals surface area (Å²) in [4.78, 5) is 12.7. The molecule has 0 fully saturated rings. The van der Waals surface area contributed by atoms with E-state index in [0.29, 0.717) is 23.4 Å². The van der Waals surface area contributed by atoms with Gasteiger partial charge in [0, 0.05) is 25.2 Å². The number of hydrogen-bond acceptors (Lipinski definition) is 4. The number of aliphatic hydroxyl groups is 1. The van der Waals surface area contributed by atoms with Crippen LogP contribution in [0.25, 0.3) is 0 Å². The Bertz CT molecular complexity index is 649. The predicted octanol–water partition coefficient (Wildman–Crippen LogP) is 1.15. The first kappa shape index (κ1) is 14.3. The number of amides is 1. The molecule has 0 saturated carbocycles. The fourth-order valence-corrected chi connectivity index (χ4v) is 2.37. The zero-order chi connectivity index (χ0) is 14.4. The van der Waals surface area contributed by atoms with E-state index in [1.807, 2.05) is 30.8 Å². The maximum atomic E-state index is 12.1. The highest BCUT2D eigenvalue weighted by molar-refractivity contribution is 7.12. The second-order valence-electron chi connectivity index (χ2n) is 4.10. The number of rotatable bonds is 4. The second-order valence-corrected chi connectivity index (χ2v) is 5.02. The number of nitrogens with zero attached hydrogens (tertiary/aromatic N) is 2. The maximum absolute atomic E-state index is 12.1. The molecule has 0 unspecified atom stereocenters. The zero-order valence-corrected chi connectivity index (χ0v) is 11.9. The van der Waals surface area contributed by atoms with Crippen LogP contribution >= 0.6 is 11.3 Å². The fourth-order valence-electron chi connectivity index (χ4n) is 1.61. The van der Waals surface area contributed by atoms with Crippen molar-refractivity contribution in [3.63, 3.8) is 0 Å². The van der Waals surface area contributed by atoms with E-state index < -0.39 is 0 Å². The number of carbonyl (C=O) groups excluding carboxylic acids is 1. The first-order valence-corrected chi connectivity index (χ1v) is 7.02. The summed E-state index contributed by atoms with van der Waals surface area (Å²) in [5.41, 5.74) is 1.51. The van der Waals surface area contributed by atoms with Gasteiger partial charge in [0.05, 0.1) is 18.8 Å². The summed E-state index contributed by atoms with van der Waals surface area (Å²) in [6.45, 7) is 0.416. The topological polar surface area (TPSA) is 67.2 Å². The lowest BCUT2D eigenvalue weighted by atomic mass is 10.2. The van der Waals surface area contributed by atoms with Gasteiger partial charge in [-0.1, -0.05) is 11.8 Å². The molecule has 0 atom stereocenters. The number of hydrogen-bond donors (Lipinski definition) is 2. The van der Waals surface area contributed by atoms with E-state index in [-0.39, 0.29) is 12.5 Å². The van der Waals surface area contributed by atoms with Crippen molar-refractivity contribution in [2.75, 3.05) is 6.61 Å². The van der Waals surface area contributed by atoms with Gasteiger partial charge in [-0.15, -0.1) is 11.3 Å². The van der Waals surface area contributed by atoms with Crippen LogP contribution < -0.4 is 5.32 Å². The SMILES string of the molecule is Cn1ccc(CNC(=O)c2sccc2C#CCCO)n1. The molecule has 2 rings (SSSR count). The lowest BCUT2D eigenvalue weighted by Crippen LogP contribution is -2.22. The number of nitrogens with one attached hydrogen (secondary N) is 1. The summed E-state index contributed by atoms with van der Waals surface area (Å²) in [5.74, 6) is 5.56. The largest absolute Gasteiger partial charge is 0.395 e. The average molecular weight is 289 g/mol. The number of carbonyl (C=O) groups is 1. The van der Waals surface area contributed by atoms with Gasteiger partial charge in [0.1, 0.15) is 4.88 Å². The molecule has 0 aliphatic rings. The highest BCUT2D eigenvalue weighted by Gasteiger charge is 2.11. The number of thiophene rings is 1. The van der Waals surface area contributed by atoms with Gasteiger partial charge in [-0.3, -0.25) is 9.48 Å². The third-order valence-electron chi connectivity index (χ3n) is 2.53. The zero-order valence-electron chi connectivity index (χ0n) is 11.1. The minimum Gasteiger partial charge on any atom is -0.395 e. The molecular weight excluding hydrogens is 274 g/mol. The summed E-state index contributed by atoms with van der Waals surface area (Å²) in [5, 5.41) is 17.6. The minimum atomic E-state index is -0.154. The van der Waals surface area contributed by atoms with Crippen molar-refractivity contribution in [3.8, 4) is 11.8 Å². The van der Waals surface area contributed by atoms with E-state index in [0.717, 1.165) is 5.69 Å². The van der Waals surface area contributed by atoms with Crippen LogP contribution in [0.5, 0.6) is 0 Å². The van der Waals surface area contributed by atoms with Crippen LogP contribution in [0.3, 0.4) is 0 Å². The third kappa shape index (κ3) is 3.70. The van der Waals surface area contributed by atoms with E-state index in [1.54, 1.807) is 4.68 Å². The first-order valence-electron chi connectivity index (χ1n) is 6.14. The van der Waals surface area contributed by atoms with Crippen molar-refractivity contribution >= 4 is 17.2 Å². The van der Waals surface area contributed by atoms with Gasteiger partial charge in [0.2, 0.25) is 0 Å². The smallest absolute Gasteiger partial charge is 0.262 e. The highest BCUT2D eigenvalue weighted by atomic mass is 32.1. The monoisotopic (exact) mass is 289 g/mol. The Morgan fingerprint density at radius 3 is 3.10 bits per heavy atom. The van der Waals surface area contributed by atoms with Crippen LogP contribution in [-0.2, 0) is 13.6 Å². The Morgan fingerprint density at radius 2 is 2.40 bits per heavy atom. The minimum absolute atomic E-state index is 0.0261. The van der Waals surface area contributed by atoms with Crippen molar-refractivity contribution in [2.45, 2.75) is 13.0 Å². The predicted molar refractivity (Wildman–Crippen MR) is 77.3 cm³/mol. The van der Waals surface area contributed by atoms with E-state index >= 15 is 0 Å². The Kier molecular flexibility index (Phi) is 4.93. The normalized spacial score (nSPS) is 9.90. The van der Waals surface area contributed by atoms with Crippen LogP contribution in [0.1, 0.15) is 27.3 Å². The molecule has 1 amide bonds. The van der Waals surface area contributed by atoms with Crippen molar-refractivity contribution in [3.05, 3.63) is 39.8 Å². The standard InChI is InChI=1S/C14H15N3O2S/c1-17-7-5-12(16-17)10-15-14(19)13-11(6-9-20-13)4-2-3-8-18/h5-7,9,18H,3,8,10H2,1H3,(H,15,19). The number of aromatic nitrogens is 2. The van der Waals surface area contributed by atoms with Gasteiger partial charge in [0.15, 0.2) is 0 Å². The Hall–Kier alpha value is -2.10. The Balaban J connectivity index is 1.99. The van der Waals surface area contributed by atoms with Crippen LogP contribution in [-0.4, -0.2) is 27.4 Å². The summed E-state index contributed by atoms with van der Waals surface area (Å²) < 4.78 is 1.69. The van der Waals surface area contributed by atoms with Crippen LogP contribution in [0, 0.1) is 11.8 Å². The fraction of sp³-hybridized carbons (Fsp3) is 0.286. The lowest BCUT2D eigenvalue weighted by Gasteiger charge is -2.01. The van der Waals surface area contributed by atoms with E-state index in [9.17, 15) is 4.79 Å². The number of aliphatic hydroxyl groups excluding tert-OH is 1. The van der Waals surface area contributed by atoms with Crippen molar-refractivity contribution in [2.24, 2.45) is 7.05 Å². The molecule has 20 heavy (non-hydrogen) atoms.